The van der Waals surface area contributed by atoms with Gasteiger partial charge in [-0.25, -0.2) is 4.39 Å². The average molecular weight is 339 g/mol. The maximum Gasteiger partial charge on any atom is 0.127 e. The average Bonchev–Trinajstić information content (AvgIpc) is 2.34. The fourth-order valence-electron chi connectivity index (χ4n) is 1.62. The van der Waals surface area contributed by atoms with Gasteiger partial charge in [0.2, 0.25) is 0 Å². The van der Waals surface area contributed by atoms with Crippen LogP contribution in [0.3, 0.4) is 0 Å². The molecule has 18 heavy (non-hydrogen) atoms. The Hall–Kier alpha value is -0.160. The lowest BCUT2D eigenvalue weighted by molar-refractivity contribution is 0.199. The van der Waals surface area contributed by atoms with Gasteiger partial charge in [-0.15, -0.1) is 0 Å². The largest absolute Gasteiger partial charge is 0.383 e. The highest BCUT2D eigenvalue weighted by molar-refractivity contribution is 9.10. The van der Waals surface area contributed by atoms with Crippen LogP contribution in [0.2, 0.25) is 5.02 Å². The molecule has 1 aromatic rings. The van der Waals surface area contributed by atoms with Gasteiger partial charge in [0.05, 0.1) is 11.6 Å². The molecule has 2 nitrogen and oxygen atoms in total. The van der Waals surface area contributed by atoms with E-state index in [4.69, 9.17) is 16.3 Å². The van der Waals surface area contributed by atoms with Crippen LogP contribution in [0.4, 0.5) is 4.39 Å². The fourth-order valence-corrected chi connectivity index (χ4v) is 2.12. The number of benzene rings is 1. The standard InChI is InChI=1S/C13H18BrClFNO/c1-18-7-6-17-5-3-2-4-10-8-12(15)11(14)9-13(10)16/h8-9,17H,2-7H2,1H3. The Morgan fingerprint density at radius 3 is 2.83 bits per heavy atom. The number of aryl methyl sites for hydroxylation is 1. The topological polar surface area (TPSA) is 21.3 Å². The van der Waals surface area contributed by atoms with Gasteiger partial charge in [0.15, 0.2) is 0 Å². The third-order valence-corrected chi connectivity index (χ3v) is 3.82. The number of ether oxygens (including phenoxy) is 1. The second-order valence-electron chi connectivity index (χ2n) is 4.06. The lowest BCUT2D eigenvalue weighted by atomic mass is 10.1. The Balaban J connectivity index is 2.25. The molecule has 0 aliphatic heterocycles. The minimum absolute atomic E-state index is 0.196. The Morgan fingerprint density at radius 2 is 2.11 bits per heavy atom. The van der Waals surface area contributed by atoms with Crippen LogP contribution < -0.4 is 5.32 Å². The molecular formula is C13H18BrClFNO. The normalized spacial score (nSPS) is 10.9. The highest BCUT2D eigenvalue weighted by Crippen LogP contribution is 2.26. The summed E-state index contributed by atoms with van der Waals surface area (Å²) in [6.07, 6.45) is 2.66. The van der Waals surface area contributed by atoms with Crippen LogP contribution in [0.15, 0.2) is 16.6 Å². The number of hydrogen-bond donors (Lipinski definition) is 1. The number of unbranched alkanes of at least 4 members (excludes halogenated alkanes) is 1. The van der Waals surface area contributed by atoms with Gasteiger partial charge in [-0.2, -0.15) is 0 Å². The van der Waals surface area contributed by atoms with Crippen molar-refractivity contribution in [2.75, 3.05) is 26.8 Å². The summed E-state index contributed by atoms with van der Waals surface area (Å²) in [6, 6.07) is 3.12. The lowest BCUT2D eigenvalue weighted by Gasteiger charge is -2.06. The van der Waals surface area contributed by atoms with Crippen molar-refractivity contribution in [3.63, 3.8) is 0 Å². The predicted molar refractivity (Wildman–Crippen MR) is 76.8 cm³/mol. The van der Waals surface area contributed by atoms with Crippen LogP contribution in [0.5, 0.6) is 0 Å². The molecule has 0 radical (unpaired) electrons. The molecule has 1 rings (SSSR count). The molecule has 1 aromatic carbocycles. The molecule has 1 N–H and O–H groups in total. The van der Waals surface area contributed by atoms with Crippen molar-refractivity contribution < 1.29 is 9.13 Å². The van der Waals surface area contributed by atoms with E-state index >= 15 is 0 Å². The highest BCUT2D eigenvalue weighted by atomic mass is 79.9. The Labute approximate surface area is 121 Å². The van der Waals surface area contributed by atoms with E-state index in [1.54, 1.807) is 13.2 Å². The summed E-state index contributed by atoms with van der Waals surface area (Å²) in [6.45, 7) is 2.50. The van der Waals surface area contributed by atoms with Crippen LogP contribution in [0.25, 0.3) is 0 Å². The Morgan fingerprint density at radius 1 is 1.33 bits per heavy atom. The summed E-state index contributed by atoms with van der Waals surface area (Å²) < 4.78 is 19.1. The van der Waals surface area contributed by atoms with Crippen molar-refractivity contribution >= 4 is 27.5 Å². The van der Waals surface area contributed by atoms with Crippen molar-refractivity contribution in [2.24, 2.45) is 0 Å². The fraction of sp³-hybridized carbons (Fsp3) is 0.538. The van der Waals surface area contributed by atoms with Gasteiger partial charge in [0.25, 0.3) is 0 Å². The van der Waals surface area contributed by atoms with Crippen molar-refractivity contribution in [3.05, 3.63) is 33.0 Å². The van der Waals surface area contributed by atoms with Gasteiger partial charge in [-0.3, -0.25) is 0 Å². The Bertz CT molecular complexity index is 376. The summed E-state index contributed by atoms with van der Waals surface area (Å²) in [5, 5.41) is 3.82. The first-order valence-corrected chi connectivity index (χ1v) is 7.15. The van der Waals surface area contributed by atoms with E-state index in [2.05, 4.69) is 21.2 Å². The van der Waals surface area contributed by atoms with E-state index in [0.717, 1.165) is 32.5 Å². The molecule has 0 saturated carbocycles. The van der Waals surface area contributed by atoms with Gasteiger partial charge >= 0.3 is 0 Å². The molecule has 0 bridgehead atoms. The quantitative estimate of drug-likeness (QED) is 0.575. The molecule has 0 spiro atoms. The van der Waals surface area contributed by atoms with Crippen LogP contribution in [0.1, 0.15) is 18.4 Å². The molecule has 0 amide bonds. The third-order valence-electron chi connectivity index (χ3n) is 2.62. The molecule has 102 valence electrons. The first-order valence-electron chi connectivity index (χ1n) is 5.98. The SMILES string of the molecule is COCCNCCCCc1cc(Cl)c(Br)cc1F. The van der Waals surface area contributed by atoms with E-state index in [-0.39, 0.29) is 5.82 Å². The molecule has 0 fully saturated rings. The van der Waals surface area contributed by atoms with E-state index in [9.17, 15) is 4.39 Å². The molecule has 0 aliphatic carbocycles. The van der Waals surface area contributed by atoms with Gasteiger partial charge in [-0.05, 0) is 59.4 Å². The highest BCUT2D eigenvalue weighted by Gasteiger charge is 2.06. The molecule has 0 aliphatic rings. The van der Waals surface area contributed by atoms with Crippen molar-refractivity contribution in [3.8, 4) is 0 Å². The molecular weight excluding hydrogens is 321 g/mol. The van der Waals surface area contributed by atoms with Gasteiger partial charge in [0.1, 0.15) is 5.82 Å². The smallest absolute Gasteiger partial charge is 0.127 e. The van der Waals surface area contributed by atoms with Gasteiger partial charge in [0, 0.05) is 18.1 Å². The minimum atomic E-state index is -0.196. The van der Waals surface area contributed by atoms with Crippen molar-refractivity contribution in [1.82, 2.24) is 5.32 Å². The zero-order chi connectivity index (χ0) is 13.4. The van der Waals surface area contributed by atoms with E-state index in [1.807, 2.05) is 0 Å². The summed E-state index contributed by atoms with van der Waals surface area (Å²) in [5.74, 6) is -0.196. The minimum Gasteiger partial charge on any atom is -0.383 e. The molecule has 0 aromatic heterocycles. The summed E-state index contributed by atoms with van der Waals surface area (Å²) in [5.41, 5.74) is 0.681. The molecule has 0 heterocycles. The molecule has 0 atom stereocenters. The number of methoxy groups -OCH3 is 1. The zero-order valence-electron chi connectivity index (χ0n) is 10.4. The number of nitrogens with one attached hydrogen (secondary N) is 1. The monoisotopic (exact) mass is 337 g/mol. The third kappa shape index (κ3) is 5.65. The second kappa shape index (κ2) is 8.86. The Kier molecular flexibility index (Phi) is 7.82. The first kappa shape index (κ1) is 15.9. The zero-order valence-corrected chi connectivity index (χ0v) is 12.8. The molecule has 5 heteroatoms. The van der Waals surface area contributed by atoms with Crippen LogP contribution in [0, 0.1) is 5.82 Å². The van der Waals surface area contributed by atoms with E-state index in [0.29, 0.717) is 21.5 Å². The number of hydrogen-bond acceptors (Lipinski definition) is 2. The maximum atomic E-state index is 13.6. The van der Waals surface area contributed by atoms with Gasteiger partial charge < -0.3 is 10.1 Å². The number of halogens is 3. The van der Waals surface area contributed by atoms with Crippen LogP contribution in [-0.4, -0.2) is 26.8 Å². The van der Waals surface area contributed by atoms with E-state index in [1.165, 1.54) is 6.07 Å². The van der Waals surface area contributed by atoms with Gasteiger partial charge in [-0.1, -0.05) is 11.6 Å². The maximum absolute atomic E-state index is 13.6. The molecule has 0 unspecified atom stereocenters. The second-order valence-corrected chi connectivity index (χ2v) is 5.32. The lowest BCUT2D eigenvalue weighted by Crippen LogP contribution is -2.20. The molecule has 0 saturated heterocycles. The van der Waals surface area contributed by atoms with Crippen LogP contribution >= 0.6 is 27.5 Å². The van der Waals surface area contributed by atoms with Crippen molar-refractivity contribution in [2.45, 2.75) is 19.3 Å². The predicted octanol–water partition coefficient (Wildman–Crippen LogP) is 3.80. The van der Waals surface area contributed by atoms with Crippen LogP contribution in [-0.2, 0) is 11.2 Å². The number of rotatable bonds is 8. The summed E-state index contributed by atoms with van der Waals surface area (Å²) >= 11 is 9.15. The van der Waals surface area contributed by atoms with E-state index < -0.39 is 0 Å². The summed E-state index contributed by atoms with van der Waals surface area (Å²) in [7, 11) is 1.68. The first-order chi connectivity index (χ1) is 8.65. The summed E-state index contributed by atoms with van der Waals surface area (Å²) in [4.78, 5) is 0. The van der Waals surface area contributed by atoms with Crippen molar-refractivity contribution in [1.29, 1.82) is 0 Å².